The van der Waals surface area contributed by atoms with Crippen LogP contribution in [0, 0.1) is 27.7 Å². The average molecular weight is 404 g/mol. The fourth-order valence-electron chi connectivity index (χ4n) is 3.34. The Labute approximate surface area is 178 Å². The van der Waals surface area contributed by atoms with Crippen LogP contribution in [0.3, 0.4) is 0 Å². The number of benzene rings is 2. The topological polar surface area (TPSA) is 71.3 Å². The summed E-state index contributed by atoms with van der Waals surface area (Å²) in [6.07, 6.45) is 0.755. The molecule has 0 aliphatic heterocycles. The summed E-state index contributed by atoms with van der Waals surface area (Å²) in [6, 6.07) is 15.3. The SMILES string of the molecule is Cc1ccc(C)c(NC(=NCCc2c(C)nn(C)c2C)NC(=O)c2ccccc2)c1. The van der Waals surface area contributed by atoms with Crippen molar-refractivity contribution in [2.45, 2.75) is 34.1 Å². The van der Waals surface area contributed by atoms with Gasteiger partial charge in [-0.1, -0.05) is 30.3 Å². The van der Waals surface area contributed by atoms with Crippen molar-refractivity contribution in [1.29, 1.82) is 0 Å². The maximum atomic E-state index is 12.7. The Kier molecular flexibility index (Phi) is 6.67. The van der Waals surface area contributed by atoms with E-state index in [0.717, 1.165) is 34.6 Å². The summed E-state index contributed by atoms with van der Waals surface area (Å²) in [5.74, 6) is 0.248. The molecule has 1 amide bonds. The molecule has 3 rings (SSSR count). The number of carbonyl (C=O) groups excluding carboxylic acids is 1. The molecule has 0 unspecified atom stereocenters. The lowest BCUT2D eigenvalue weighted by molar-refractivity contribution is 0.0977. The Morgan fingerprint density at radius 2 is 1.80 bits per heavy atom. The highest BCUT2D eigenvalue weighted by atomic mass is 16.1. The standard InChI is InChI=1S/C24H29N5O/c1-16-11-12-17(2)22(15-16)26-24(27-23(30)20-9-7-6-8-10-20)25-14-13-21-18(3)28-29(5)19(21)4/h6-12,15H,13-14H2,1-5H3,(H2,25,26,27,30). The van der Waals surface area contributed by atoms with Gasteiger partial charge in [-0.3, -0.25) is 19.8 Å². The number of aliphatic imine (C=N–C) groups is 1. The van der Waals surface area contributed by atoms with Gasteiger partial charge in [0.05, 0.1) is 5.69 Å². The molecule has 0 atom stereocenters. The fourth-order valence-corrected chi connectivity index (χ4v) is 3.34. The normalized spacial score (nSPS) is 11.4. The Bertz CT molecular complexity index is 1070. The number of hydrogen-bond donors (Lipinski definition) is 2. The number of amides is 1. The fraction of sp³-hybridized carbons (Fsp3) is 0.292. The third kappa shape index (κ3) is 5.14. The molecular formula is C24H29N5O. The molecule has 3 aromatic rings. The predicted octanol–water partition coefficient (Wildman–Crippen LogP) is 4.09. The maximum Gasteiger partial charge on any atom is 0.257 e. The van der Waals surface area contributed by atoms with E-state index in [0.29, 0.717) is 18.1 Å². The monoisotopic (exact) mass is 403 g/mol. The van der Waals surface area contributed by atoms with Crippen molar-refractivity contribution in [1.82, 2.24) is 15.1 Å². The first-order chi connectivity index (χ1) is 14.3. The van der Waals surface area contributed by atoms with Gasteiger partial charge in [0.2, 0.25) is 5.96 Å². The van der Waals surface area contributed by atoms with Crippen LogP contribution >= 0.6 is 0 Å². The number of rotatable bonds is 5. The van der Waals surface area contributed by atoms with Gasteiger partial charge >= 0.3 is 0 Å². The smallest absolute Gasteiger partial charge is 0.257 e. The summed E-state index contributed by atoms with van der Waals surface area (Å²) in [4.78, 5) is 17.4. The Balaban J connectivity index is 1.81. The highest BCUT2D eigenvalue weighted by Gasteiger charge is 2.12. The molecule has 1 heterocycles. The summed E-state index contributed by atoms with van der Waals surface area (Å²) in [7, 11) is 1.95. The molecule has 156 valence electrons. The van der Waals surface area contributed by atoms with Crippen LogP contribution in [0.4, 0.5) is 5.69 Å². The van der Waals surface area contributed by atoms with Crippen LogP contribution in [-0.4, -0.2) is 28.2 Å². The Morgan fingerprint density at radius 1 is 1.07 bits per heavy atom. The van der Waals surface area contributed by atoms with Crippen molar-refractivity contribution in [3.05, 3.63) is 82.2 Å². The predicted molar refractivity (Wildman–Crippen MR) is 122 cm³/mol. The molecule has 6 nitrogen and oxygen atoms in total. The highest BCUT2D eigenvalue weighted by Crippen LogP contribution is 2.17. The molecule has 0 radical (unpaired) electrons. The molecule has 2 N–H and O–H groups in total. The van der Waals surface area contributed by atoms with Crippen LogP contribution in [0.5, 0.6) is 0 Å². The zero-order valence-corrected chi connectivity index (χ0v) is 18.3. The lowest BCUT2D eigenvalue weighted by Crippen LogP contribution is -2.36. The van der Waals surface area contributed by atoms with Crippen molar-refractivity contribution < 1.29 is 4.79 Å². The molecule has 6 heteroatoms. The molecule has 0 fully saturated rings. The lowest BCUT2D eigenvalue weighted by atomic mass is 10.1. The first-order valence-corrected chi connectivity index (χ1v) is 10.1. The number of nitrogens with zero attached hydrogens (tertiary/aromatic N) is 3. The molecular weight excluding hydrogens is 374 g/mol. The van der Waals surface area contributed by atoms with Gasteiger partial charge in [-0.25, -0.2) is 0 Å². The Hall–Kier alpha value is -3.41. The summed E-state index contributed by atoms with van der Waals surface area (Å²) in [6.45, 7) is 8.68. The summed E-state index contributed by atoms with van der Waals surface area (Å²) in [5, 5.41) is 10.7. The van der Waals surface area contributed by atoms with E-state index < -0.39 is 0 Å². The third-order valence-corrected chi connectivity index (χ3v) is 5.20. The van der Waals surface area contributed by atoms with E-state index in [2.05, 4.69) is 45.8 Å². The van der Waals surface area contributed by atoms with Gasteiger partial charge in [-0.15, -0.1) is 0 Å². The zero-order chi connectivity index (χ0) is 21.7. The Morgan fingerprint density at radius 3 is 2.47 bits per heavy atom. The van der Waals surface area contributed by atoms with E-state index >= 15 is 0 Å². The van der Waals surface area contributed by atoms with Crippen molar-refractivity contribution in [2.24, 2.45) is 12.0 Å². The van der Waals surface area contributed by atoms with E-state index in [9.17, 15) is 4.79 Å². The number of guanidine groups is 1. The zero-order valence-electron chi connectivity index (χ0n) is 18.3. The number of aryl methyl sites for hydroxylation is 4. The van der Waals surface area contributed by atoms with Crippen LogP contribution in [-0.2, 0) is 13.5 Å². The minimum atomic E-state index is -0.194. The first kappa shape index (κ1) is 21.3. The average Bonchev–Trinajstić information content (AvgIpc) is 2.97. The van der Waals surface area contributed by atoms with Gasteiger partial charge in [0.15, 0.2) is 0 Å². The molecule has 1 aromatic heterocycles. The molecule has 0 spiro atoms. The minimum Gasteiger partial charge on any atom is -0.326 e. The largest absolute Gasteiger partial charge is 0.326 e. The van der Waals surface area contributed by atoms with Crippen molar-refractivity contribution in [3.63, 3.8) is 0 Å². The van der Waals surface area contributed by atoms with E-state index in [1.807, 2.05) is 50.7 Å². The molecule has 30 heavy (non-hydrogen) atoms. The van der Waals surface area contributed by atoms with E-state index in [-0.39, 0.29) is 5.91 Å². The van der Waals surface area contributed by atoms with Gasteiger partial charge in [0, 0.05) is 30.5 Å². The number of anilines is 1. The van der Waals surface area contributed by atoms with Gasteiger partial charge < -0.3 is 5.32 Å². The van der Waals surface area contributed by atoms with Crippen molar-refractivity contribution in [2.75, 3.05) is 11.9 Å². The number of aromatic nitrogens is 2. The molecule has 0 saturated carbocycles. The van der Waals surface area contributed by atoms with Gasteiger partial charge in [0.25, 0.3) is 5.91 Å². The molecule has 0 saturated heterocycles. The molecule has 2 aromatic carbocycles. The second-order valence-corrected chi connectivity index (χ2v) is 7.52. The number of carbonyl (C=O) groups is 1. The van der Waals surface area contributed by atoms with Crippen LogP contribution in [0.25, 0.3) is 0 Å². The van der Waals surface area contributed by atoms with Crippen LogP contribution in [0.1, 0.15) is 38.4 Å². The van der Waals surface area contributed by atoms with Gasteiger partial charge in [0.1, 0.15) is 0 Å². The molecule has 0 aliphatic carbocycles. The van der Waals surface area contributed by atoms with Crippen LogP contribution < -0.4 is 10.6 Å². The quantitative estimate of drug-likeness (QED) is 0.498. The van der Waals surface area contributed by atoms with Gasteiger partial charge in [-0.05, 0) is 69.0 Å². The maximum absolute atomic E-state index is 12.7. The van der Waals surface area contributed by atoms with E-state index in [4.69, 9.17) is 0 Å². The lowest BCUT2D eigenvalue weighted by Gasteiger charge is -2.14. The summed E-state index contributed by atoms with van der Waals surface area (Å²) >= 11 is 0. The second-order valence-electron chi connectivity index (χ2n) is 7.52. The summed E-state index contributed by atoms with van der Waals surface area (Å²) < 4.78 is 1.89. The molecule has 0 aliphatic rings. The number of nitrogens with one attached hydrogen (secondary N) is 2. The molecule has 0 bridgehead atoms. The van der Waals surface area contributed by atoms with Crippen molar-refractivity contribution >= 4 is 17.6 Å². The third-order valence-electron chi connectivity index (χ3n) is 5.20. The van der Waals surface area contributed by atoms with Crippen LogP contribution in [0.15, 0.2) is 53.5 Å². The summed E-state index contributed by atoms with van der Waals surface area (Å²) in [5.41, 5.74) is 7.09. The first-order valence-electron chi connectivity index (χ1n) is 10.1. The highest BCUT2D eigenvalue weighted by molar-refractivity contribution is 6.10. The van der Waals surface area contributed by atoms with E-state index in [1.165, 1.54) is 5.56 Å². The second kappa shape index (κ2) is 9.39. The van der Waals surface area contributed by atoms with Crippen LogP contribution in [0.2, 0.25) is 0 Å². The minimum absolute atomic E-state index is 0.194. The van der Waals surface area contributed by atoms with Crippen molar-refractivity contribution in [3.8, 4) is 0 Å². The van der Waals surface area contributed by atoms with Gasteiger partial charge in [-0.2, -0.15) is 5.10 Å². The van der Waals surface area contributed by atoms with E-state index in [1.54, 1.807) is 12.1 Å². The number of hydrogen-bond acceptors (Lipinski definition) is 3.